The smallest absolute Gasteiger partial charge is 0.227 e. The van der Waals surface area contributed by atoms with E-state index in [0.29, 0.717) is 19.0 Å². The Labute approximate surface area is 118 Å². The van der Waals surface area contributed by atoms with Crippen molar-refractivity contribution in [2.75, 3.05) is 5.73 Å². The molecule has 0 atom stereocenters. The van der Waals surface area contributed by atoms with Crippen molar-refractivity contribution in [2.45, 2.75) is 31.8 Å². The van der Waals surface area contributed by atoms with Gasteiger partial charge in [0.15, 0.2) is 0 Å². The molecule has 0 radical (unpaired) electrons. The summed E-state index contributed by atoms with van der Waals surface area (Å²) in [5.41, 5.74) is 7.37. The van der Waals surface area contributed by atoms with Gasteiger partial charge in [-0.1, -0.05) is 12.1 Å². The predicted molar refractivity (Wildman–Crippen MR) is 76.8 cm³/mol. The highest BCUT2D eigenvalue weighted by Gasteiger charge is 2.32. The van der Waals surface area contributed by atoms with Crippen molar-refractivity contribution in [2.24, 2.45) is 0 Å². The molecule has 3 rings (SSSR count). The minimum absolute atomic E-state index is 0.147. The van der Waals surface area contributed by atoms with Gasteiger partial charge in [0.05, 0.1) is 19.2 Å². The van der Waals surface area contributed by atoms with Crippen molar-refractivity contribution in [3.05, 3.63) is 54.0 Å². The van der Waals surface area contributed by atoms with E-state index in [1.165, 1.54) is 0 Å². The molecule has 0 bridgehead atoms. The standard InChI is InChI=1S/C16H18N2O2/c17-13-5-3-12(4-6-13)10-16(19)18(14-7-8-14)11-15-2-1-9-20-15/h1-6,9,14H,7-8,10-11,17H2. The Morgan fingerprint density at radius 3 is 2.60 bits per heavy atom. The molecule has 1 fully saturated rings. The molecule has 1 aliphatic carbocycles. The molecule has 1 aliphatic rings. The normalized spacial score (nSPS) is 14.2. The monoisotopic (exact) mass is 270 g/mol. The van der Waals surface area contributed by atoms with Gasteiger partial charge in [0.25, 0.3) is 0 Å². The van der Waals surface area contributed by atoms with Gasteiger partial charge in [0, 0.05) is 11.7 Å². The van der Waals surface area contributed by atoms with Crippen LogP contribution >= 0.6 is 0 Å². The number of benzene rings is 1. The fourth-order valence-electron chi connectivity index (χ4n) is 2.29. The first-order chi connectivity index (χ1) is 9.72. The molecule has 2 N–H and O–H groups in total. The van der Waals surface area contributed by atoms with E-state index in [1.807, 2.05) is 41.3 Å². The molecule has 20 heavy (non-hydrogen) atoms. The molecule has 1 amide bonds. The molecule has 0 aliphatic heterocycles. The van der Waals surface area contributed by atoms with E-state index in [2.05, 4.69) is 0 Å². The Balaban J connectivity index is 1.67. The van der Waals surface area contributed by atoms with Crippen LogP contribution in [0.3, 0.4) is 0 Å². The van der Waals surface area contributed by atoms with Crippen molar-refractivity contribution in [1.29, 1.82) is 0 Å². The number of nitrogen functional groups attached to an aromatic ring is 1. The summed E-state index contributed by atoms with van der Waals surface area (Å²) in [5, 5.41) is 0. The molecule has 104 valence electrons. The summed E-state index contributed by atoms with van der Waals surface area (Å²) in [6.45, 7) is 0.561. The Kier molecular flexibility index (Phi) is 3.46. The Bertz CT molecular complexity index is 571. The molecule has 0 unspecified atom stereocenters. The van der Waals surface area contributed by atoms with E-state index < -0.39 is 0 Å². The minimum atomic E-state index is 0.147. The van der Waals surface area contributed by atoms with Crippen LogP contribution in [0.5, 0.6) is 0 Å². The van der Waals surface area contributed by atoms with Gasteiger partial charge in [0.2, 0.25) is 5.91 Å². The molecular formula is C16H18N2O2. The van der Waals surface area contributed by atoms with E-state index in [4.69, 9.17) is 10.2 Å². The lowest BCUT2D eigenvalue weighted by Crippen LogP contribution is -2.33. The summed E-state index contributed by atoms with van der Waals surface area (Å²) in [6, 6.07) is 11.6. The summed E-state index contributed by atoms with van der Waals surface area (Å²) in [7, 11) is 0. The molecule has 0 spiro atoms. The maximum absolute atomic E-state index is 12.5. The fourth-order valence-corrected chi connectivity index (χ4v) is 2.29. The number of rotatable bonds is 5. The van der Waals surface area contributed by atoms with Crippen molar-refractivity contribution >= 4 is 11.6 Å². The second-order valence-corrected chi connectivity index (χ2v) is 5.25. The van der Waals surface area contributed by atoms with Crippen LogP contribution in [0.1, 0.15) is 24.2 Å². The zero-order valence-corrected chi connectivity index (χ0v) is 11.3. The Morgan fingerprint density at radius 2 is 2.00 bits per heavy atom. The average molecular weight is 270 g/mol. The zero-order chi connectivity index (χ0) is 13.9. The number of nitrogens with zero attached hydrogens (tertiary/aromatic N) is 1. The zero-order valence-electron chi connectivity index (χ0n) is 11.3. The van der Waals surface area contributed by atoms with Crippen molar-refractivity contribution in [3.63, 3.8) is 0 Å². The highest BCUT2D eigenvalue weighted by atomic mass is 16.3. The minimum Gasteiger partial charge on any atom is -0.467 e. The van der Waals surface area contributed by atoms with E-state index in [0.717, 1.165) is 29.9 Å². The summed E-state index contributed by atoms with van der Waals surface area (Å²) < 4.78 is 5.35. The molecular weight excluding hydrogens is 252 g/mol. The number of furan rings is 1. The van der Waals surface area contributed by atoms with E-state index in [9.17, 15) is 4.79 Å². The topological polar surface area (TPSA) is 59.5 Å². The second-order valence-electron chi connectivity index (χ2n) is 5.25. The number of carbonyl (C=O) groups excluding carboxylic acids is 1. The van der Waals surface area contributed by atoms with Gasteiger partial charge < -0.3 is 15.1 Å². The highest BCUT2D eigenvalue weighted by molar-refractivity contribution is 5.79. The number of amides is 1. The number of anilines is 1. The molecule has 4 heteroatoms. The second kappa shape index (κ2) is 5.41. The van der Waals surface area contributed by atoms with E-state index >= 15 is 0 Å². The molecule has 0 saturated heterocycles. The van der Waals surface area contributed by atoms with E-state index in [-0.39, 0.29) is 5.91 Å². The van der Waals surface area contributed by atoms with Crippen LogP contribution in [-0.4, -0.2) is 16.8 Å². The highest BCUT2D eigenvalue weighted by Crippen LogP contribution is 2.29. The average Bonchev–Trinajstić information content (AvgIpc) is 3.15. The third-order valence-corrected chi connectivity index (χ3v) is 3.55. The van der Waals surface area contributed by atoms with Gasteiger partial charge in [-0.05, 0) is 42.7 Å². The number of carbonyl (C=O) groups is 1. The number of nitrogens with two attached hydrogens (primary N) is 1. The van der Waals surface area contributed by atoms with Crippen LogP contribution in [0.15, 0.2) is 47.1 Å². The lowest BCUT2D eigenvalue weighted by atomic mass is 10.1. The van der Waals surface area contributed by atoms with Crippen LogP contribution in [0, 0.1) is 0 Å². The molecule has 1 heterocycles. The third kappa shape index (κ3) is 3.02. The van der Waals surface area contributed by atoms with Crippen LogP contribution in [-0.2, 0) is 17.8 Å². The van der Waals surface area contributed by atoms with Gasteiger partial charge in [0.1, 0.15) is 5.76 Å². The summed E-state index contributed by atoms with van der Waals surface area (Å²) >= 11 is 0. The van der Waals surface area contributed by atoms with Crippen LogP contribution in [0.25, 0.3) is 0 Å². The van der Waals surface area contributed by atoms with Gasteiger partial charge in [-0.25, -0.2) is 0 Å². The Morgan fingerprint density at radius 1 is 1.25 bits per heavy atom. The van der Waals surface area contributed by atoms with Crippen LogP contribution < -0.4 is 5.73 Å². The summed E-state index contributed by atoms with van der Waals surface area (Å²) in [4.78, 5) is 14.4. The molecule has 1 aromatic carbocycles. The molecule has 4 nitrogen and oxygen atoms in total. The molecule has 1 aromatic heterocycles. The first-order valence-electron chi connectivity index (χ1n) is 6.88. The van der Waals surface area contributed by atoms with E-state index in [1.54, 1.807) is 6.26 Å². The SMILES string of the molecule is Nc1ccc(CC(=O)N(Cc2ccco2)C2CC2)cc1. The lowest BCUT2D eigenvalue weighted by molar-refractivity contribution is -0.131. The van der Waals surface area contributed by atoms with Gasteiger partial charge in [-0.2, -0.15) is 0 Å². The van der Waals surface area contributed by atoms with Gasteiger partial charge in [-0.3, -0.25) is 4.79 Å². The summed E-state index contributed by atoms with van der Waals surface area (Å²) in [5.74, 6) is 0.983. The predicted octanol–water partition coefficient (Wildman–Crippen LogP) is 2.60. The lowest BCUT2D eigenvalue weighted by Gasteiger charge is -2.21. The largest absolute Gasteiger partial charge is 0.467 e. The molecule has 2 aromatic rings. The quantitative estimate of drug-likeness (QED) is 0.849. The maximum atomic E-state index is 12.5. The van der Waals surface area contributed by atoms with Crippen LogP contribution in [0.4, 0.5) is 5.69 Å². The number of hydrogen-bond acceptors (Lipinski definition) is 3. The number of hydrogen-bond donors (Lipinski definition) is 1. The van der Waals surface area contributed by atoms with Gasteiger partial charge in [-0.15, -0.1) is 0 Å². The third-order valence-electron chi connectivity index (χ3n) is 3.55. The van der Waals surface area contributed by atoms with Crippen molar-refractivity contribution in [1.82, 2.24) is 4.90 Å². The van der Waals surface area contributed by atoms with Crippen molar-refractivity contribution < 1.29 is 9.21 Å². The first kappa shape index (κ1) is 12.8. The molecule has 1 saturated carbocycles. The fraction of sp³-hybridized carbons (Fsp3) is 0.312. The van der Waals surface area contributed by atoms with Crippen molar-refractivity contribution in [3.8, 4) is 0 Å². The Hall–Kier alpha value is -2.23. The summed E-state index contributed by atoms with van der Waals surface area (Å²) in [6.07, 6.45) is 4.24. The van der Waals surface area contributed by atoms with Gasteiger partial charge >= 0.3 is 0 Å². The van der Waals surface area contributed by atoms with Crippen LogP contribution in [0.2, 0.25) is 0 Å². The maximum Gasteiger partial charge on any atom is 0.227 e. The first-order valence-corrected chi connectivity index (χ1v) is 6.88.